The Balaban J connectivity index is 2.23. The van der Waals surface area contributed by atoms with E-state index in [1.54, 1.807) is 32.0 Å². The van der Waals surface area contributed by atoms with Crippen LogP contribution in [0.5, 0.6) is 11.5 Å². The van der Waals surface area contributed by atoms with Gasteiger partial charge in [-0.2, -0.15) is 0 Å². The quantitative estimate of drug-likeness (QED) is 0.496. The molecule has 0 radical (unpaired) electrons. The molecule has 0 atom stereocenters. The van der Waals surface area contributed by atoms with Crippen LogP contribution in [0.15, 0.2) is 34.8 Å². The Bertz CT molecular complexity index is 747. The molecular weight excluding hydrogens is 382 g/mol. The highest BCUT2D eigenvalue weighted by atomic mass is 79.9. The topological polar surface area (TPSA) is 35.5 Å². The van der Waals surface area contributed by atoms with E-state index in [0.717, 1.165) is 12.1 Å². The first-order chi connectivity index (χ1) is 11.5. The van der Waals surface area contributed by atoms with Gasteiger partial charge in [-0.15, -0.1) is 0 Å². The van der Waals surface area contributed by atoms with E-state index in [1.807, 2.05) is 0 Å². The van der Waals surface area contributed by atoms with Crippen molar-refractivity contribution in [2.45, 2.75) is 33.3 Å². The molecular formula is C18H17BrF2O3. The van der Waals surface area contributed by atoms with E-state index in [0.29, 0.717) is 27.8 Å². The predicted octanol–water partition coefficient (Wildman–Crippen LogP) is 5.18. The summed E-state index contributed by atoms with van der Waals surface area (Å²) >= 11 is 3.35. The van der Waals surface area contributed by atoms with Crippen molar-refractivity contribution in [2.24, 2.45) is 0 Å². The van der Waals surface area contributed by atoms with Crippen LogP contribution < -0.4 is 9.47 Å². The van der Waals surface area contributed by atoms with Gasteiger partial charge in [0, 0.05) is 22.5 Å². The van der Waals surface area contributed by atoms with E-state index in [4.69, 9.17) is 9.47 Å². The monoisotopic (exact) mass is 398 g/mol. The van der Waals surface area contributed by atoms with Crippen molar-refractivity contribution in [1.29, 1.82) is 0 Å². The van der Waals surface area contributed by atoms with E-state index in [9.17, 15) is 13.6 Å². The Kier molecular flexibility index (Phi) is 6.31. The average molecular weight is 399 g/mol. The summed E-state index contributed by atoms with van der Waals surface area (Å²) in [5.41, 5.74) is 0.831. The Morgan fingerprint density at radius 2 is 1.88 bits per heavy atom. The molecule has 0 aliphatic heterocycles. The number of rotatable bonds is 6. The van der Waals surface area contributed by atoms with Gasteiger partial charge in [-0.1, -0.05) is 35.8 Å². The van der Waals surface area contributed by atoms with Gasteiger partial charge in [0.25, 0.3) is 0 Å². The minimum absolute atomic E-state index is 0.0738. The van der Waals surface area contributed by atoms with Gasteiger partial charge in [0.1, 0.15) is 18.2 Å². The smallest absolute Gasteiger partial charge is 0.310 e. The number of ether oxygens (including phenoxy) is 2. The fourth-order valence-corrected chi connectivity index (χ4v) is 2.53. The zero-order chi connectivity index (χ0) is 17.7. The van der Waals surface area contributed by atoms with Gasteiger partial charge in [0.15, 0.2) is 11.6 Å². The average Bonchev–Trinajstić information content (AvgIpc) is 2.56. The Hall–Kier alpha value is -1.95. The minimum Gasteiger partial charge on any atom is -0.486 e. The molecule has 0 amide bonds. The summed E-state index contributed by atoms with van der Waals surface area (Å²) in [4.78, 5) is 11.5. The second kappa shape index (κ2) is 8.24. The zero-order valence-electron chi connectivity index (χ0n) is 13.4. The van der Waals surface area contributed by atoms with Crippen molar-refractivity contribution in [3.05, 3.63) is 57.6 Å². The predicted molar refractivity (Wildman–Crippen MR) is 90.1 cm³/mol. The van der Waals surface area contributed by atoms with Crippen molar-refractivity contribution in [3.8, 4) is 11.5 Å². The van der Waals surface area contributed by atoms with Gasteiger partial charge in [-0.05, 0) is 30.2 Å². The lowest BCUT2D eigenvalue weighted by Crippen LogP contribution is -2.09. The highest BCUT2D eigenvalue weighted by Crippen LogP contribution is 2.30. The third kappa shape index (κ3) is 4.32. The number of hydrogen-bond donors (Lipinski definition) is 0. The minimum atomic E-state index is -0.632. The summed E-state index contributed by atoms with van der Waals surface area (Å²) in [5, 5.41) is 0. The number of benzene rings is 2. The van der Waals surface area contributed by atoms with Gasteiger partial charge in [-0.3, -0.25) is 4.79 Å². The SMILES string of the molecule is CCC(=O)Oc1cccc(Br)c1COc1cc(F)c(CC)cc1F. The fraction of sp³-hybridized carbons (Fsp3) is 0.278. The molecule has 0 aromatic heterocycles. The van der Waals surface area contributed by atoms with Crippen LogP contribution in [-0.4, -0.2) is 5.97 Å². The van der Waals surface area contributed by atoms with E-state index in [2.05, 4.69) is 15.9 Å². The molecule has 0 spiro atoms. The lowest BCUT2D eigenvalue weighted by atomic mass is 10.1. The lowest BCUT2D eigenvalue weighted by Gasteiger charge is -2.14. The molecule has 6 heteroatoms. The van der Waals surface area contributed by atoms with Crippen LogP contribution in [0, 0.1) is 11.6 Å². The molecule has 0 heterocycles. The number of esters is 1. The van der Waals surface area contributed by atoms with Gasteiger partial charge in [0.05, 0.1) is 0 Å². The van der Waals surface area contributed by atoms with Crippen LogP contribution in [0.3, 0.4) is 0 Å². The number of halogens is 3. The normalized spacial score (nSPS) is 10.5. The van der Waals surface area contributed by atoms with Crippen molar-refractivity contribution in [3.63, 3.8) is 0 Å². The number of carbonyl (C=O) groups is 1. The third-order valence-corrected chi connectivity index (χ3v) is 4.19. The molecule has 24 heavy (non-hydrogen) atoms. The van der Waals surface area contributed by atoms with Crippen molar-refractivity contribution in [2.75, 3.05) is 0 Å². The molecule has 0 saturated carbocycles. The summed E-state index contributed by atoms with van der Waals surface area (Å²) < 4.78 is 39.1. The number of carbonyl (C=O) groups excluding carboxylic acids is 1. The summed E-state index contributed by atoms with van der Waals surface area (Å²) in [5.74, 6) is -1.40. The molecule has 0 bridgehead atoms. The number of aryl methyl sites for hydroxylation is 1. The fourth-order valence-electron chi connectivity index (χ4n) is 2.07. The Labute approximate surface area is 147 Å². The summed E-state index contributed by atoms with van der Waals surface area (Å²) in [6.45, 7) is 3.35. The standard InChI is InChI=1S/C18H17BrF2O3/c1-3-11-8-15(21)17(9-14(11)20)23-10-12-13(19)6-5-7-16(12)24-18(22)4-2/h5-9H,3-4,10H2,1-2H3. The number of hydrogen-bond acceptors (Lipinski definition) is 3. The molecule has 2 rings (SSSR count). The highest BCUT2D eigenvalue weighted by molar-refractivity contribution is 9.10. The molecule has 0 unspecified atom stereocenters. The molecule has 3 nitrogen and oxygen atoms in total. The Morgan fingerprint density at radius 3 is 2.54 bits per heavy atom. The molecule has 2 aromatic rings. The van der Waals surface area contributed by atoms with Crippen molar-refractivity contribution in [1.82, 2.24) is 0 Å². The Morgan fingerprint density at radius 1 is 1.12 bits per heavy atom. The highest BCUT2D eigenvalue weighted by Gasteiger charge is 2.15. The first-order valence-corrected chi connectivity index (χ1v) is 8.34. The lowest BCUT2D eigenvalue weighted by molar-refractivity contribution is -0.134. The molecule has 0 aliphatic carbocycles. The van der Waals surface area contributed by atoms with Crippen LogP contribution in [0.4, 0.5) is 8.78 Å². The maximum atomic E-state index is 14.0. The largest absolute Gasteiger partial charge is 0.486 e. The van der Waals surface area contributed by atoms with Gasteiger partial charge in [-0.25, -0.2) is 8.78 Å². The van der Waals surface area contributed by atoms with Gasteiger partial charge in [0.2, 0.25) is 0 Å². The van der Waals surface area contributed by atoms with E-state index >= 15 is 0 Å². The van der Waals surface area contributed by atoms with Crippen LogP contribution in [0.2, 0.25) is 0 Å². The summed E-state index contributed by atoms with van der Waals surface area (Å²) in [7, 11) is 0. The molecule has 2 aromatic carbocycles. The van der Waals surface area contributed by atoms with Crippen LogP contribution in [0.25, 0.3) is 0 Å². The zero-order valence-corrected chi connectivity index (χ0v) is 15.0. The van der Waals surface area contributed by atoms with E-state index < -0.39 is 11.6 Å². The molecule has 0 N–H and O–H groups in total. The summed E-state index contributed by atoms with van der Waals surface area (Å²) in [6.07, 6.45) is 0.621. The third-order valence-electron chi connectivity index (χ3n) is 3.44. The van der Waals surface area contributed by atoms with Gasteiger partial charge < -0.3 is 9.47 Å². The first-order valence-electron chi connectivity index (χ1n) is 7.55. The summed E-state index contributed by atoms with van der Waals surface area (Å²) in [6, 6.07) is 7.24. The molecule has 0 aliphatic rings. The van der Waals surface area contributed by atoms with Crippen LogP contribution >= 0.6 is 15.9 Å². The van der Waals surface area contributed by atoms with Crippen molar-refractivity contribution >= 4 is 21.9 Å². The van der Waals surface area contributed by atoms with E-state index in [-0.39, 0.29) is 24.7 Å². The maximum absolute atomic E-state index is 14.0. The second-order valence-corrected chi connectivity index (χ2v) is 5.91. The van der Waals surface area contributed by atoms with Crippen LogP contribution in [0.1, 0.15) is 31.4 Å². The van der Waals surface area contributed by atoms with E-state index in [1.165, 1.54) is 0 Å². The second-order valence-electron chi connectivity index (χ2n) is 5.06. The molecule has 128 valence electrons. The molecule has 0 fully saturated rings. The van der Waals surface area contributed by atoms with Gasteiger partial charge >= 0.3 is 5.97 Å². The molecule has 0 saturated heterocycles. The van der Waals surface area contributed by atoms with Crippen LogP contribution in [-0.2, 0) is 17.8 Å². The maximum Gasteiger partial charge on any atom is 0.310 e. The van der Waals surface area contributed by atoms with Crippen molar-refractivity contribution < 1.29 is 23.0 Å². The first kappa shape index (κ1) is 18.4.